The van der Waals surface area contributed by atoms with E-state index in [0.717, 1.165) is 12.1 Å². The third-order valence-corrected chi connectivity index (χ3v) is 3.62. The number of hydrogen-bond donors (Lipinski definition) is 3. The molecule has 0 bridgehead atoms. The maximum Gasteiger partial charge on any atom is 0.416 e. The van der Waals surface area contributed by atoms with Crippen molar-refractivity contribution in [2.24, 2.45) is 0 Å². The van der Waals surface area contributed by atoms with E-state index in [9.17, 15) is 32.7 Å². The number of carboxylic acids is 1. The van der Waals surface area contributed by atoms with Crippen LogP contribution < -0.4 is 10.6 Å². The number of nitrogens with one attached hydrogen (secondary N) is 2. The van der Waals surface area contributed by atoms with E-state index in [4.69, 9.17) is 0 Å². The van der Waals surface area contributed by atoms with Gasteiger partial charge in [0.05, 0.1) is 5.56 Å². The lowest BCUT2D eigenvalue weighted by atomic mass is 10.0. The molecule has 0 saturated carbocycles. The van der Waals surface area contributed by atoms with Gasteiger partial charge in [-0.1, -0.05) is 18.2 Å². The molecule has 0 radical (unpaired) electrons. The Morgan fingerprint density at radius 3 is 2.62 bits per heavy atom. The van der Waals surface area contributed by atoms with Gasteiger partial charge in [0.15, 0.2) is 0 Å². The second-order valence-electron chi connectivity index (χ2n) is 5.46. The van der Waals surface area contributed by atoms with Crippen LogP contribution in [0.4, 0.5) is 13.2 Å². The van der Waals surface area contributed by atoms with Gasteiger partial charge in [-0.3, -0.25) is 9.59 Å². The Balaban J connectivity index is 2.07. The molecule has 1 aliphatic rings. The van der Waals surface area contributed by atoms with Crippen molar-refractivity contribution < 1.29 is 32.7 Å². The molecule has 1 saturated heterocycles. The van der Waals surface area contributed by atoms with Gasteiger partial charge in [-0.05, 0) is 18.1 Å². The van der Waals surface area contributed by atoms with E-state index < -0.39 is 35.7 Å². The molecule has 2 amide bonds. The van der Waals surface area contributed by atoms with E-state index >= 15 is 0 Å². The first-order valence-corrected chi connectivity index (χ1v) is 7.15. The van der Waals surface area contributed by atoms with Crippen LogP contribution in [0.5, 0.6) is 0 Å². The molecule has 9 heteroatoms. The molecule has 0 aromatic heterocycles. The molecule has 1 aromatic carbocycles. The summed E-state index contributed by atoms with van der Waals surface area (Å²) in [6, 6.07) is 2.05. The molecule has 0 unspecified atom stereocenters. The largest absolute Gasteiger partial charge is 0.480 e. The Morgan fingerprint density at radius 2 is 2.08 bits per heavy atom. The van der Waals surface area contributed by atoms with Gasteiger partial charge in [0, 0.05) is 12.8 Å². The van der Waals surface area contributed by atoms with Crippen LogP contribution in [-0.2, 0) is 27.0 Å². The zero-order valence-corrected chi connectivity index (χ0v) is 12.4. The van der Waals surface area contributed by atoms with Gasteiger partial charge in [0.2, 0.25) is 11.8 Å². The molecular weight excluding hydrogens is 329 g/mol. The third-order valence-electron chi connectivity index (χ3n) is 3.62. The maximum atomic E-state index is 12.7. The van der Waals surface area contributed by atoms with Crippen LogP contribution in [-0.4, -0.2) is 35.0 Å². The van der Waals surface area contributed by atoms with E-state index in [1.165, 1.54) is 12.1 Å². The molecular formula is C15H15F3N2O4. The fraction of sp³-hybridized carbons (Fsp3) is 0.400. The zero-order chi connectivity index (χ0) is 17.9. The summed E-state index contributed by atoms with van der Waals surface area (Å²) >= 11 is 0. The van der Waals surface area contributed by atoms with Crippen LogP contribution in [0.3, 0.4) is 0 Å². The SMILES string of the molecule is O=C1CC[C@H](C(=O)N[C@H](Cc2cccc(C(F)(F)F)c2)C(=O)O)N1. The summed E-state index contributed by atoms with van der Waals surface area (Å²) in [6.45, 7) is 0. The van der Waals surface area contributed by atoms with E-state index in [1.807, 2.05) is 0 Å². The van der Waals surface area contributed by atoms with Gasteiger partial charge in [0.1, 0.15) is 12.1 Å². The van der Waals surface area contributed by atoms with Crippen molar-refractivity contribution in [2.75, 3.05) is 0 Å². The summed E-state index contributed by atoms with van der Waals surface area (Å²) in [5.74, 6) is -2.34. The Kier molecular flexibility index (Phi) is 5.10. The second-order valence-corrected chi connectivity index (χ2v) is 5.46. The molecule has 1 aromatic rings. The van der Waals surface area contributed by atoms with Crippen molar-refractivity contribution in [3.8, 4) is 0 Å². The highest BCUT2D eigenvalue weighted by Gasteiger charge is 2.32. The molecule has 130 valence electrons. The zero-order valence-electron chi connectivity index (χ0n) is 12.4. The topological polar surface area (TPSA) is 95.5 Å². The summed E-state index contributed by atoms with van der Waals surface area (Å²) in [5, 5.41) is 13.8. The highest BCUT2D eigenvalue weighted by atomic mass is 19.4. The number of benzene rings is 1. The van der Waals surface area contributed by atoms with E-state index in [2.05, 4.69) is 10.6 Å². The summed E-state index contributed by atoms with van der Waals surface area (Å²) in [6.07, 6.45) is -4.41. The standard InChI is InChI=1S/C15H15F3N2O4/c16-15(17,18)9-3-1-2-8(6-9)7-11(14(23)24)20-13(22)10-4-5-12(21)19-10/h1-3,6,10-11H,4-5,7H2,(H,19,21)(H,20,22)(H,23,24)/t10-,11-/m1/s1. The average Bonchev–Trinajstić information content (AvgIpc) is 2.92. The first kappa shape index (κ1) is 17.8. The molecule has 2 atom stereocenters. The molecule has 3 N–H and O–H groups in total. The number of carbonyl (C=O) groups excluding carboxylic acids is 2. The highest BCUT2D eigenvalue weighted by molar-refractivity contribution is 5.92. The van der Waals surface area contributed by atoms with E-state index in [-0.39, 0.29) is 30.7 Å². The van der Waals surface area contributed by atoms with Gasteiger partial charge in [0.25, 0.3) is 0 Å². The molecule has 2 rings (SSSR count). The lowest BCUT2D eigenvalue weighted by Gasteiger charge is -2.18. The Morgan fingerprint density at radius 1 is 1.38 bits per heavy atom. The number of halogens is 3. The first-order chi connectivity index (χ1) is 11.2. The average molecular weight is 344 g/mol. The number of hydrogen-bond acceptors (Lipinski definition) is 3. The van der Waals surface area contributed by atoms with E-state index in [1.54, 1.807) is 0 Å². The first-order valence-electron chi connectivity index (χ1n) is 7.15. The summed E-state index contributed by atoms with van der Waals surface area (Å²) in [7, 11) is 0. The Labute approximate surface area is 135 Å². The summed E-state index contributed by atoms with van der Waals surface area (Å²) in [5.41, 5.74) is -0.758. The monoisotopic (exact) mass is 344 g/mol. The van der Waals surface area contributed by atoms with Crippen LogP contribution in [0, 0.1) is 0 Å². The lowest BCUT2D eigenvalue weighted by Crippen LogP contribution is -2.49. The number of rotatable bonds is 5. The van der Waals surface area contributed by atoms with Gasteiger partial charge in [-0.25, -0.2) is 4.79 Å². The highest BCUT2D eigenvalue weighted by Crippen LogP contribution is 2.29. The Hall–Kier alpha value is -2.58. The summed E-state index contributed by atoms with van der Waals surface area (Å²) in [4.78, 5) is 34.3. The van der Waals surface area contributed by atoms with E-state index in [0.29, 0.717) is 0 Å². The smallest absolute Gasteiger partial charge is 0.416 e. The molecule has 1 aliphatic heterocycles. The quantitative estimate of drug-likeness (QED) is 0.745. The number of aliphatic carboxylic acids is 1. The number of amides is 2. The normalized spacial score (nSPS) is 18.8. The number of alkyl halides is 3. The lowest BCUT2D eigenvalue weighted by molar-refractivity contribution is -0.142. The van der Waals surface area contributed by atoms with Crippen molar-refractivity contribution in [3.63, 3.8) is 0 Å². The molecule has 0 aliphatic carbocycles. The van der Waals surface area contributed by atoms with Gasteiger partial charge >= 0.3 is 12.1 Å². The molecule has 24 heavy (non-hydrogen) atoms. The summed E-state index contributed by atoms with van der Waals surface area (Å²) < 4.78 is 38.1. The maximum absolute atomic E-state index is 12.7. The van der Waals surface area contributed by atoms with Crippen LogP contribution >= 0.6 is 0 Å². The van der Waals surface area contributed by atoms with Gasteiger partial charge < -0.3 is 15.7 Å². The predicted octanol–water partition coefficient (Wildman–Crippen LogP) is 1.10. The number of carboxylic acid groups (broad SMARTS) is 1. The van der Waals surface area contributed by atoms with Crippen molar-refractivity contribution in [3.05, 3.63) is 35.4 Å². The third kappa shape index (κ3) is 4.46. The van der Waals surface area contributed by atoms with Gasteiger partial charge in [-0.2, -0.15) is 13.2 Å². The van der Waals surface area contributed by atoms with Crippen LogP contribution in [0.25, 0.3) is 0 Å². The minimum absolute atomic E-state index is 0.132. The van der Waals surface area contributed by atoms with Crippen LogP contribution in [0.2, 0.25) is 0 Å². The fourth-order valence-corrected chi connectivity index (χ4v) is 2.39. The van der Waals surface area contributed by atoms with Crippen molar-refractivity contribution >= 4 is 17.8 Å². The Bertz CT molecular complexity index is 660. The second kappa shape index (κ2) is 6.90. The van der Waals surface area contributed by atoms with Crippen molar-refractivity contribution in [1.29, 1.82) is 0 Å². The predicted molar refractivity (Wildman–Crippen MR) is 75.9 cm³/mol. The number of carbonyl (C=O) groups is 3. The van der Waals surface area contributed by atoms with Crippen LogP contribution in [0.1, 0.15) is 24.0 Å². The van der Waals surface area contributed by atoms with Crippen molar-refractivity contribution in [2.45, 2.75) is 37.5 Å². The molecule has 0 spiro atoms. The minimum Gasteiger partial charge on any atom is -0.480 e. The molecule has 1 heterocycles. The van der Waals surface area contributed by atoms with Gasteiger partial charge in [-0.15, -0.1) is 0 Å². The van der Waals surface area contributed by atoms with Crippen LogP contribution in [0.15, 0.2) is 24.3 Å². The fourth-order valence-electron chi connectivity index (χ4n) is 2.39. The minimum atomic E-state index is -4.54. The van der Waals surface area contributed by atoms with Crippen molar-refractivity contribution in [1.82, 2.24) is 10.6 Å². The molecule has 6 nitrogen and oxygen atoms in total. The molecule has 1 fully saturated rings.